The summed E-state index contributed by atoms with van der Waals surface area (Å²) in [4.78, 5) is 19.2. The minimum absolute atomic E-state index is 0.188. The van der Waals surface area contributed by atoms with Crippen LogP contribution in [0.25, 0.3) is 11.3 Å². The van der Waals surface area contributed by atoms with Crippen molar-refractivity contribution in [2.24, 2.45) is 0 Å². The van der Waals surface area contributed by atoms with Crippen molar-refractivity contribution in [1.29, 1.82) is 5.26 Å². The molecule has 0 atom stereocenters. The number of carbonyl (C=O) groups excluding carboxylic acids is 1. The van der Waals surface area contributed by atoms with Crippen LogP contribution in [0.15, 0.2) is 53.9 Å². The maximum absolute atomic E-state index is 12.5. The van der Waals surface area contributed by atoms with E-state index in [1.807, 2.05) is 29.6 Å². The molecule has 0 aliphatic heterocycles. The van der Waals surface area contributed by atoms with Crippen molar-refractivity contribution in [1.82, 2.24) is 10.3 Å². The van der Waals surface area contributed by atoms with Crippen LogP contribution in [0.5, 0.6) is 0 Å². The molecule has 0 bridgehead atoms. The first-order valence-electron chi connectivity index (χ1n) is 9.47. The first kappa shape index (κ1) is 21.4. The van der Waals surface area contributed by atoms with Crippen LogP contribution in [-0.2, 0) is 0 Å². The Labute approximate surface area is 185 Å². The maximum Gasteiger partial charge on any atom is 0.257 e. The van der Waals surface area contributed by atoms with Crippen molar-refractivity contribution < 1.29 is 4.79 Å². The lowest BCUT2D eigenvalue weighted by Gasteiger charge is -2.21. The van der Waals surface area contributed by atoms with Crippen molar-refractivity contribution in [2.45, 2.75) is 13.8 Å². The Hall–Kier alpha value is -3.28. The molecular formula is C22H21N5OS2. The number of rotatable bonds is 6. The Balaban J connectivity index is 1.59. The summed E-state index contributed by atoms with van der Waals surface area (Å²) in [7, 11) is 0. The number of aromatic nitrogens is 1. The molecule has 0 fully saturated rings. The van der Waals surface area contributed by atoms with Crippen molar-refractivity contribution in [3.8, 4) is 17.3 Å². The Morgan fingerprint density at radius 3 is 2.40 bits per heavy atom. The van der Waals surface area contributed by atoms with Crippen LogP contribution in [0.3, 0.4) is 0 Å². The van der Waals surface area contributed by atoms with E-state index in [2.05, 4.69) is 40.4 Å². The molecule has 8 heteroatoms. The molecule has 0 aliphatic rings. The predicted octanol–water partition coefficient (Wildman–Crippen LogP) is 4.65. The van der Waals surface area contributed by atoms with E-state index in [-0.39, 0.29) is 11.0 Å². The molecule has 1 heterocycles. The van der Waals surface area contributed by atoms with Gasteiger partial charge in [-0.05, 0) is 62.5 Å². The topological polar surface area (TPSA) is 81.1 Å². The fourth-order valence-electron chi connectivity index (χ4n) is 2.90. The number of amides is 1. The highest BCUT2D eigenvalue weighted by molar-refractivity contribution is 7.80. The van der Waals surface area contributed by atoms with E-state index in [0.29, 0.717) is 16.3 Å². The SMILES string of the molecule is CCN(CC)c1ccc(C(=O)NC(=S)Nc2nc(-c3ccc(C#N)cc3)cs2)cc1. The van der Waals surface area contributed by atoms with Crippen LogP contribution < -0.4 is 15.5 Å². The summed E-state index contributed by atoms with van der Waals surface area (Å²) < 4.78 is 0. The third kappa shape index (κ3) is 5.20. The number of carbonyl (C=O) groups is 1. The molecule has 3 aromatic rings. The number of benzene rings is 2. The molecule has 0 radical (unpaired) electrons. The first-order chi connectivity index (χ1) is 14.5. The number of hydrogen-bond acceptors (Lipinski definition) is 6. The van der Waals surface area contributed by atoms with Gasteiger partial charge in [-0.1, -0.05) is 12.1 Å². The lowest BCUT2D eigenvalue weighted by molar-refractivity contribution is 0.0978. The zero-order chi connectivity index (χ0) is 21.5. The highest BCUT2D eigenvalue weighted by Gasteiger charge is 2.11. The van der Waals surface area contributed by atoms with Crippen LogP contribution in [0, 0.1) is 11.3 Å². The minimum atomic E-state index is -0.275. The van der Waals surface area contributed by atoms with Gasteiger partial charge in [0, 0.05) is 35.3 Å². The number of anilines is 2. The van der Waals surface area contributed by atoms with Gasteiger partial charge in [-0.2, -0.15) is 5.26 Å². The number of hydrogen-bond donors (Lipinski definition) is 2. The minimum Gasteiger partial charge on any atom is -0.372 e. The molecule has 0 saturated heterocycles. The fourth-order valence-corrected chi connectivity index (χ4v) is 3.87. The van der Waals surface area contributed by atoms with Crippen LogP contribution >= 0.6 is 23.6 Å². The number of thiocarbonyl (C=S) groups is 1. The summed E-state index contributed by atoms with van der Waals surface area (Å²) in [6.45, 7) is 6.02. The molecule has 3 rings (SSSR count). The van der Waals surface area contributed by atoms with Gasteiger partial charge in [-0.15, -0.1) is 11.3 Å². The Morgan fingerprint density at radius 1 is 1.13 bits per heavy atom. The monoisotopic (exact) mass is 435 g/mol. The van der Waals surface area contributed by atoms with Gasteiger partial charge < -0.3 is 10.2 Å². The highest BCUT2D eigenvalue weighted by Crippen LogP contribution is 2.25. The smallest absolute Gasteiger partial charge is 0.257 e. The van der Waals surface area contributed by atoms with E-state index in [1.54, 1.807) is 24.3 Å². The molecule has 0 aliphatic carbocycles. The first-order valence-corrected chi connectivity index (χ1v) is 10.8. The standard InChI is InChI=1S/C22H21N5OS2/c1-3-27(4-2)18-11-9-17(10-12-18)20(28)25-21(29)26-22-24-19(14-30-22)16-7-5-15(13-23)6-8-16/h5-12,14H,3-4H2,1-2H3,(H2,24,25,26,28,29). The van der Waals surface area contributed by atoms with Gasteiger partial charge in [-0.25, -0.2) is 4.98 Å². The van der Waals surface area contributed by atoms with E-state index >= 15 is 0 Å². The van der Waals surface area contributed by atoms with Crippen LogP contribution in [0.1, 0.15) is 29.8 Å². The van der Waals surface area contributed by atoms with E-state index < -0.39 is 0 Å². The molecule has 2 aromatic carbocycles. The highest BCUT2D eigenvalue weighted by atomic mass is 32.1. The van der Waals surface area contributed by atoms with Crippen LogP contribution in [-0.4, -0.2) is 29.1 Å². The lowest BCUT2D eigenvalue weighted by Crippen LogP contribution is -2.34. The zero-order valence-corrected chi connectivity index (χ0v) is 18.3. The van der Waals surface area contributed by atoms with Crippen molar-refractivity contribution in [3.05, 3.63) is 65.0 Å². The number of nitrogens with one attached hydrogen (secondary N) is 2. The lowest BCUT2D eigenvalue weighted by atomic mass is 10.1. The van der Waals surface area contributed by atoms with E-state index in [1.165, 1.54) is 11.3 Å². The molecule has 2 N–H and O–H groups in total. The van der Waals surface area contributed by atoms with Gasteiger partial charge in [0.1, 0.15) is 0 Å². The normalized spacial score (nSPS) is 10.2. The molecule has 152 valence electrons. The summed E-state index contributed by atoms with van der Waals surface area (Å²) in [5, 5.41) is 17.2. The van der Waals surface area contributed by atoms with E-state index in [9.17, 15) is 4.79 Å². The average molecular weight is 436 g/mol. The average Bonchev–Trinajstić information content (AvgIpc) is 3.23. The third-order valence-corrected chi connectivity index (χ3v) is 5.48. The second-order valence-corrected chi connectivity index (χ2v) is 7.62. The van der Waals surface area contributed by atoms with E-state index in [4.69, 9.17) is 17.5 Å². The Bertz CT molecular complexity index is 1060. The van der Waals surface area contributed by atoms with E-state index in [0.717, 1.165) is 30.0 Å². The molecular weight excluding hydrogens is 414 g/mol. The second-order valence-electron chi connectivity index (χ2n) is 6.35. The van der Waals surface area contributed by atoms with Gasteiger partial charge in [0.15, 0.2) is 10.2 Å². The van der Waals surface area contributed by atoms with Gasteiger partial charge in [-0.3, -0.25) is 10.1 Å². The zero-order valence-electron chi connectivity index (χ0n) is 16.7. The van der Waals surface area contributed by atoms with Gasteiger partial charge in [0.05, 0.1) is 17.3 Å². The Kier molecular flexibility index (Phi) is 7.12. The molecule has 0 spiro atoms. The quantitative estimate of drug-likeness (QED) is 0.549. The Morgan fingerprint density at radius 2 is 1.80 bits per heavy atom. The molecule has 0 saturated carbocycles. The maximum atomic E-state index is 12.5. The molecule has 0 unspecified atom stereocenters. The molecule has 6 nitrogen and oxygen atoms in total. The number of nitriles is 1. The largest absolute Gasteiger partial charge is 0.372 e. The van der Waals surface area contributed by atoms with Gasteiger partial charge >= 0.3 is 0 Å². The summed E-state index contributed by atoms with van der Waals surface area (Å²) in [5.74, 6) is -0.275. The van der Waals surface area contributed by atoms with Crippen molar-refractivity contribution >= 4 is 45.4 Å². The predicted molar refractivity (Wildman–Crippen MR) is 126 cm³/mol. The second kappa shape index (κ2) is 9.96. The van der Waals surface area contributed by atoms with Crippen LogP contribution in [0.4, 0.5) is 10.8 Å². The number of nitrogens with zero attached hydrogens (tertiary/aromatic N) is 3. The fraction of sp³-hybridized carbons (Fsp3) is 0.182. The summed E-state index contributed by atoms with van der Waals surface area (Å²) in [6.07, 6.45) is 0. The van der Waals surface area contributed by atoms with Gasteiger partial charge in [0.2, 0.25) is 0 Å². The van der Waals surface area contributed by atoms with Crippen molar-refractivity contribution in [2.75, 3.05) is 23.3 Å². The summed E-state index contributed by atoms with van der Waals surface area (Å²) in [5.41, 5.74) is 3.89. The van der Waals surface area contributed by atoms with Crippen LogP contribution in [0.2, 0.25) is 0 Å². The van der Waals surface area contributed by atoms with Gasteiger partial charge in [0.25, 0.3) is 5.91 Å². The summed E-state index contributed by atoms with van der Waals surface area (Å²) >= 11 is 6.64. The molecule has 1 amide bonds. The molecule has 1 aromatic heterocycles. The summed E-state index contributed by atoms with van der Waals surface area (Å²) in [6, 6.07) is 16.7. The third-order valence-electron chi connectivity index (χ3n) is 4.52. The molecule has 30 heavy (non-hydrogen) atoms. The number of thiazole rings is 1. The van der Waals surface area contributed by atoms with Crippen molar-refractivity contribution in [3.63, 3.8) is 0 Å².